The lowest BCUT2D eigenvalue weighted by molar-refractivity contribution is 0.0994. The van der Waals surface area contributed by atoms with E-state index >= 15 is 0 Å². The summed E-state index contributed by atoms with van der Waals surface area (Å²) in [6.45, 7) is 2.79. The fourth-order valence-electron chi connectivity index (χ4n) is 5.08. The average molecular weight is 530 g/mol. The number of hydrogen-bond acceptors (Lipinski definition) is 8. The number of likely N-dealkylation sites (tertiary alicyclic amines) is 1. The normalized spacial score (nSPS) is 14.2. The molecule has 40 heavy (non-hydrogen) atoms. The first-order valence-corrected chi connectivity index (χ1v) is 13.1. The summed E-state index contributed by atoms with van der Waals surface area (Å²) in [5, 5.41) is 16.9. The zero-order valence-corrected chi connectivity index (χ0v) is 21.7. The lowest BCUT2D eigenvalue weighted by Gasteiger charge is -2.32. The van der Waals surface area contributed by atoms with Crippen LogP contribution in [0.2, 0.25) is 0 Å². The Morgan fingerprint density at radius 1 is 0.975 bits per heavy atom. The molecule has 10 nitrogen and oxygen atoms in total. The molecule has 0 saturated carbocycles. The van der Waals surface area contributed by atoms with Crippen LogP contribution in [0.1, 0.15) is 34.7 Å². The van der Waals surface area contributed by atoms with Gasteiger partial charge >= 0.3 is 0 Å². The van der Waals surface area contributed by atoms with E-state index in [1.165, 1.54) is 5.56 Å². The van der Waals surface area contributed by atoms with Gasteiger partial charge in [-0.2, -0.15) is 10.4 Å². The molecular formula is C30H27N9O. The molecule has 6 rings (SSSR count). The van der Waals surface area contributed by atoms with Gasteiger partial charge < -0.3 is 11.1 Å². The largest absolute Gasteiger partial charge is 0.367 e. The molecule has 1 amide bonds. The van der Waals surface area contributed by atoms with E-state index in [1.807, 2.05) is 36.4 Å². The third-order valence-corrected chi connectivity index (χ3v) is 7.11. The number of nitrogens with two attached hydrogens (primary N) is 1. The molecule has 0 atom stereocenters. The Kier molecular flexibility index (Phi) is 6.87. The van der Waals surface area contributed by atoms with Gasteiger partial charge in [-0.25, -0.2) is 19.5 Å². The van der Waals surface area contributed by atoms with E-state index in [1.54, 1.807) is 28.9 Å². The van der Waals surface area contributed by atoms with Gasteiger partial charge in [-0.3, -0.25) is 9.69 Å². The third-order valence-electron chi connectivity index (χ3n) is 7.11. The number of aromatic nitrogens is 5. The lowest BCUT2D eigenvalue weighted by atomic mass is 10.0. The van der Waals surface area contributed by atoms with Crippen LogP contribution in [-0.4, -0.2) is 54.5 Å². The van der Waals surface area contributed by atoms with Gasteiger partial charge in [0.25, 0.3) is 5.91 Å². The number of nitrogens with zero attached hydrogens (tertiary/aromatic N) is 7. The molecular weight excluding hydrogens is 502 g/mol. The van der Waals surface area contributed by atoms with Gasteiger partial charge in [0.2, 0.25) is 5.82 Å². The van der Waals surface area contributed by atoms with Crippen LogP contribution in [0.25, 0.3) is 28.2 Å². The number of rotatable bonds is 7. The van der Waals surface area contributed by atoms with Crippen LogP contribution in [0.5, 0.6) is 0 Å². The molecule has 0 unspecified atom stereocenters. The van der Waals surface area contributed by atoms with Crippen molar-refractivity contribution >= 4 is 17.4 Å². The zero-order valence-electron chi connectivity index (χ0n) is 21.7. The smallest absolute Gasteiger partial charge is 0.269 e. The van der Waals surface area contributed by atoms with E-state index in [9.17, 15) is 4.79 Å². The number of carbonyl (C=O) groups is 1. The molecule has 1 aliphatic heterocycles. The molecule has 3 aromatic heterocycles. The predicted molar refractivity (Wildman–Crippen MR) is 151 cm³/mol. The van der Waals surface area contributed by atoms with E-state index < -0.39 is 5.91 Å². The van der Waals surface area contributed by atoms with Crippen molar-refractivity contribution in [2.75, 3.05) is 18.4 Å². The maximum atomic E-state index is 11.8. The summed E-state index contributed by atoms with van der Waals surface area (Å²) < 4.78 is 1.69. The fourth-order valence-corrected chi connectivity index (χ4v) is 5.08. The van der Waals surface area contributed by atoms with Gasteiger partial charge in [0.15, 0.2) is 5.65 Å². The molecule has 1 saturated heterocycles. The number of primary amides is 1. The summed E-state index contributed by atoms with van der Waals surface area (Å²) >= 11 is 0. The number of nitrogens with one attached hydrogen (secondary N) is 1. The number of carbonyl (C=O) groups excluding carboxylic acids is 1. The predicted octanol–water partition coefficient (Wildman–Crippen LogP) is 3.90. The molecule has 3 N–H and O–H groups in total. The topological polar surface area (TPSA) is 138 Å². The second-order valence-corrected chi connectivity index (χ2v) is 9.80. The fraction of sp³-hybridized carbons (Fsp3) is 0.200. The van der Waals surface area contributed by atoms with Gasteiger partial charge in [0.1, 0.15) is 23.3 Å². The minimum Gasteiger partial charge on any atom is -0.367 e. The van der Waals surface area contributed by atoms with Crippen LogP contribution in [0.4, 0.5) is 5.82 Å². The van der Waals surface area contributed by atoms with E-state index in [4.69, 9.17) is 16.0 Å². The molecule has 4 heterocycles. The Balaban J connectivity index is 1.17. The summed E-state index contributed by atoms with van der Waals surface area (Å²) in [4.78, 5) is 27.3. The number of imidazole rings is 1. The maximum absolute atomic E-state index is 11.8. The molecule has 0 aliphatic carbocycles. The highest BCUT2D eigenvalue weighted by Gasteiger charge is 2.21. The molecule has 10 heteroatoms. The summed E-state index contributed by atoms with van der Waals surface area (Å²) in [6.07, 6.45) is 3.59. The molecule has 1 fully saturated rings. The first-order valence-electron chi connectivity index (χ1n) is 13.1. The lowest BCUT2D eigenvalue weighted by Crippen LogP contribution is -2.38. The van der Waals surface area contributed by atoms with Gasteiger partial charge in [0.05, 0.1) is 5.69 Å². The molecule has 0 radical (unpaired) electrons. The van der Waals surface area contributed by atoms with Crippen molar-refractivity contribution in [3.63, 3.8) is 0 Å². The Morgan fingerprint density at radius 2 is 1.75 bits per heavy atom. The second-order valence-electron chi connectivity index (χ2n) is 9.80. The standard InChI is InChI=1S/C30H27N9O/c31-18-26-33-15-12-25(35-26)34-23-13-16-38(17-14-23)19-20-6-8-21(9-7-20)28-29(22-4-2-1-3-5-22)39-27(36-28)11-10-24(37-39)30(32)40/h1-12,15,23H,13-14,16-17,19H2,(H2,32,40)(H,33,34,35). The van der Waals surface area contributed by atoms with Crippen molar-refractivity contribution in [3.05, 3.63) is 96.1 Å². The number of anilines is 1. The van der Waals surface area contributed by atoms with Crippen LogP contribution in [0.15, 0.2) is 79.0 Å². The second kappa shape index (κ2) is 10.9. The van der Waals surface area contributed by atoms with E-state index in [-0.39, 0.29) is 11.5 Å². The van der Waals surface area contributed by atoms with Crippen molar-refractivity contribution < 1.29 is 4.79 Å². The highest BCUT2D eigenvalue weighted by molar-refractivity contribution is 5.91. The molecule has 0 spiro atoms. The van der Waals surface area contributed by atoms with Gasteiger partial charge in [0, 0.05) is 43.0 Å². The van der Waals surface area contributed by atoms with Gasteiger partial charge in [-0.1, -0.05) is 54.6 Å². The van der Waals surface area contributed by atoms with Crippen LogP contribution in [0, 0.1) is 11.3 Å². The van der Waals surface area contributed by atoms with E-state index in [0.717, 1.165) is 55.0 Å². The first kappa shape index (κ1) is 25.2. The Bertz CT molecular complexity index is 1700. The number of benzene rings is 2. The third kappa shape index (κ3) is 5.23. The van der Waals surface area contributed by atoms with Crippen molar-refractivity contribution in [1.82, 2.24) is 29.5 Å². The maximum Gasteiger partial charge on any atom is 0.269 e. The summed E-state index contributed by atoms with van der Waals surface area (Å²) in [6, 6.07) is 25.8. The van der Waals surface area contributed by atoms with Crippen LogP contribution in [-0.2, 0) is 6.54 Å². The SMILES string of the molecule is N#Cc1nccc(NC2CCN(Cc3ccc(-c4nc5ccc(C(N)=O)nn5c4-c4ccccc4)cc3)CC2)n1. The number of fused-ring (bicyclic) bond motifs is 1. The summed E-state index contributed by atoms with van der Waals surface area (Å²) in [7, 11) is 0. The molecule has 2 aromatic carbocycles. The quantitative estimate of drug-likeness (QED) is 0.324. The van der Waals surface area contributed by atoms with Crippen LogP contribution < -0.4 is 11.1 Å². The average Bonchev–Trinajstić information content (AvgIpc) is 3.38. The number of nitriles is 1. The van der Waals surface area contributed by atoms with Crippen LogP contribution >= 0.6 is 0 Å². The van der Waals surface area contributed by atoms with E-state index in [2.05, 4.69) is 49.5 Å². The Morgan fingerprint density at radius 3 is 2.48 bits per heavy atom. The van der Waals surface area contributed by atoms with Gasteiger partial charge in [-0.15, -0.1) is 0 Å². The van der Waals surface area contributed by atoms with Crippen molar-refractivity contribution in [2.24, 2.45) is 5.73 Å². The summed E-state index contributed by atoms with van der Waals surface area (Å²) in [5.74, 6) is 0.294. The van der Waals surface area contributed by atoms with Gasteiger partial charge in [-0.05, 0) is 36.6 Å². The monoisotopic (exact) mass is 529 g/mol. The van der Waals surface area contributed by atoms with Crippen molar-refractivity contribution in [1.29, 1.82) is 5.26 Å². The number of hydrogen-bond donors (Lipinski definition) is 2. The highest BCUT2D eigenvalue weighted by Crippen LogP contribution is 2.32. The first-order chi connectivity index (χ1) is 19.6. The van der Waals surface area contributed by atoms with E-state index in [0.29, 0.717) is 17.5 Å². The molecule has 5 aromatic rings. The summed E-state index contributed by atoms with van der Waals surface area (Å²) in [5.41, 5.74) is 11.1. The van der Waals surface area contributed by atoms with Crippen LogP contribution in [0.3, 0.4) is 0 Å². The molecule has 198 valence electrons. The molecule has 0 bridgehead atoms. The zero-order chi connectivity index (χ0) is 27.5. The molecule has 1 aliphatic rings. The Labute approximate surface area is 231 Å². The minimum absolute atomic E-state index is 0.178. The minimum atomic E-state index is -0.581. The van der Waals surface area contributed by atoms with Crippen molar-refractivity contribution in [2.45, 2.75) is 25.4 Å². The van der Waals surface area contributed by atoms with Crippen molar-refractivity contribution in [3.8, 4) is 28.6 Å². The Hall–Kier alpha value is -5.14. The highest BCUT2D eigenvalue weighted by atomic mass is 16.1. The number of piperidine rings is 1. The number of amides is 1.